The van der Waals surface area contributed by atoms with Gasteiger partial charge >= 0.3 is 0 Å². The summed E-state index contributed by atoms with van der Waals surface area (Å²) in [4.78, 5) is 30.4. The number of thioether (sulfide) groups is 1. The Labute approximate surface area is 233 Å². The van der Waals surface area contributed by atoms with Crippen molar-refractivity contribution < 1.29 is 23.8 Å². The minimum Gasteiger partial charge on any atom is -0.493 e. The molecule has 4 rings (SSSR count). The van der Waals surface area contributed by atoms with E-state index in [1.54, 1.807) is 31.0 Å². The van der Waals surface area contributed by atoms with Gasteiger partial charge in [-0.1, -0.05) is 17.7 Å². The second-order valence-corrected chi connectivity index (χ2v) is 9.95. The fourth-order valence-electron chi connectivity index (χ4n) is 4.61. The number of nitrogens with one attached hydrogen (secondary N) is 1. The minimum atomic E-state index is -0.210. The van der Waals surface area contributed by atoms with Crippen LogP contribution in [0.1, 0.15) is 34.5 Å². The first-order chi connectivity index (χ1) is 17.5. The minimum absolute atomic E-state index is 0. The summed E-state index contributed by atoms with van der Waals surface area (Å²) < 4.78 is 16.6. The Morgan fingerprint density at radius 3 is 2.65 bits per heavy atom. The molecule has 2 heterocycles. The molecule has 1 N–H and O–H groups in total. The summed E-state index contributed by atoms with van der Waals surface area (Å²) in [6.07, 6.45) is 2.01. The highest BCUT2D eigenvalue weighted by atomic mass is 35.5. The van der Waals surface area contributed by atoms with Crippen molar-refractivity contribution >= 4 is 53.3 Å². The van der Waals surface area contributed by atoms with Crippen LogP contribution in [0.3, 0.4) is 0 Å². The van der Waals surface area contributed by atoms with Gasteiger partial charge in [0.2, 0.25) is 5.91 Å². The Bertz CT molecular complexity index is 1110. The molecule has 202 valence electrons. The van der Waals surface area contributed by atoms with Crippen molar-refractivity contribution in [2.75, 3.05) is 63.9 Å². The highest BCUT2D eigenvalue weighted by Gasteiger charge is 2.37. The van der Waals surface area contributed by atoms with Gasteiger partial charge in [-0.25, -0.2) is 0 Å². The summed E-state index contributed by atoms with van der Waals surface area (Å²) in [6.45, 7) is 5.69. The smallest absolute Gasteiger partial charge is 0.257 e. The first-order valence-corrected chi connectivity index (χ1v) is 13.8. The number of carbonyl (C=O) groups excluding carboxylic acids is 2. The van der Waals surface area contributed by atoms with Crippen molar-refractivity contribution in [2.45, 2.75) is 19.5 Å². The summed E-state index contributed by atoms with van der Waals surface area (Å²) >= 11 is 8.20. The molecular formula is C26H33Cl2N3O5S. The lowest BCUT2D eigenvalue weighted by Crippen LogP contribution is -2.41. The van der Waals surface area contributed by atoms with Gasteiger partial charge in [0.05, 0.1) is 50.8 Å². The Morgan fingerprint density at radius 1 is 1.22 bits per heavy atom. The highest BCUT2D eigenvalue weighted by molar-refractivity contribution is 7.98. The van der Waals surface area contributed by atoms with E-state index in [1.165, 1.54) is 0 Å². The van der Waals surface area contributed by atoms with Gasteiger partial charge in [0, 0.05) is 36.0 Å². The third-order valence-electron chi connectivity index (χ3n) is 6.38. The van der Waals surface area contributed by atoms with Crippen LogP contribution in [0.4, 0.5) is 5.69 Å². The molecule has 0 bridgehead atoms. The van der Waals surface area contributed by atoms with Gasteiger partial charge in [-0.2, -0.15) is 11.8 Å². The van der Waals surface area contributed by atoms with Crippen LogP contribution in [-0.2, 0) is 16.1 Å². The zero-order valence-corrected chi connectivity index (χ0v) is 23.6. The second kappa shape index (κ2) is 13.6. The first kappa shape index (κ1) is 29.4. The van der Waals surface area contributed by atoms with E-state index in [2.05, 4.69) is 5.32 Å². The molecule has 11 heteroatoms. The third-order valence-corrected chi connectivity index (χ3v) is 7.38. The average Bonchev–Trinajstić information content (AvgIpc) is 3.23. The zero-order chi connectivity index (χ0) is 25.7. The van der Waals surface area contributed by atoms with Gasteiger partial charge in [-0.3, -0.25) is 14.5 Å². The van der Waals surface area contributed by atoms with Crippen LogP contribution >= 0.6 is 35.8 Å². The number of benzene rings is 2. The molecular weight excluding hydrogens is 537 g/mol. The molecule has 2 amide bonds. The van der Waals surface area contributed by atoms with Crippen LogP contribution in [0.2, 0.25) is 5.02 Å². The van der Waals surface area contributed by atoms with E-state index in [0.717, 1.165) is 11.1 Å². The van der Waals surface area contributed by atoms with Crippen LogP contribution in [0.5, 0.6) is 11.5 Å². The summed E-state index contributed by atoms with van der Waals surface area (Å²) in [7, 11) is 1.61. The van der Waals surface area contributed by atoms with Crippen molar-refractivity contribution in [1.29, 1.82) is 0 Å². The predicted octanol–water partition coefficient (Wildman–Crippen LogP) is 4.50. The number of carbonyl (C=O) groups is 2. The number of fused-ring (bicyclic) bond motifs is 1. The van der Waals surface area contributed by atoms with E-state index in [9.17, 15) is 9.59 Å². The number of halogens is 2. The van der Waals surface area contributed by atoms with E-state index in [0.29, 0.717) is 73.0 Å². The fraction of sp³-hybridized carbons (Fsp3) is 0.462. The van der Waals surface area contributed by atoms with Crippen molar-refractivity contribution in [1.82, 2.24) is 9.80 Å². The number of morpholine rings is 1. The number of hydrogen-bond acceptors (Lipinski definition) is 7. The van der Waals surface area contributed by atoms with E-state index in [-0.39, 0.29) is 36.8 Å². The lowest BCUT2D eigenvalue weighted by atomic mass is 10.1. The van der Waals surface area contributed by atoms with Gasteiger partial charge in [-0.05, 0) is 43.0 Å². The molecule has 0 aromatic heterocycles. The molecule has 0 spiro atoms. The molecule has 0 aliphatic carbocycles. The molecule has 1 atom stereocenters. The lowest BCUT2D eigenvalue weighted by molar-refractivity contribution is -0.118. The number of hydrogen-bond donors (Lipinski definition) is 1. The van der Waals surface area contributed by atoms with Gasteiger partial charge in [0.1, 0.15) is 0 Å². The summed E-state index contributed by atoms with van der Waals surface area (Å²) in [6, 6.07) is 9.01. The topological polar surface area (TPSA) is 80.3 Å². The number of amides is 2. The number of methoxy groups -OCH3 is 1. The summed E-state index contributed by atoms with van der Waals surface area (Å²) in [5, 5.41) is 3.46. The van der Waals surface area contributed by atoms with Gasteiger partial charge in [-0.15, -0.1) is 12.4 Å². The van der Waals surface area contributed by atoms with E-state index >= 15 is 0 Å². The molecule has 2 aromatic rings. The number of anilines is 1. The van der Waals surface area contributed by atoms with Crippen molar-refractivity contribution in [3.8, 4) is 11.5 Å². The number of ether oxygens (including phenoxy) is 3. The van der Waals surface area contributed by atoms with Gasteiger partial charge < -0.3 is 24.4 Å². The Hall–Kier alpha value is -2.17. The summed E-state index contributed by atoms with van der Waals surface area (Å²) in [5.41, 5.74) is 2.63. The number of nitrogens with zero attached hydrogens (tertiary/aromatic N) is 2. The number of rotatable bonds is 10. The third kappa shape index (κ3) is 6.64. The van der Waals surface area contributed by atoms with Crippen molar-refractivity contribution in [3.05, 3.63) is 52.0 Å². The molecule has 2 aliphatic heterocycles. The largest absolute Gasteiger partial charge is 0.493 e. The molecule has 0 saturated carbocycles. The van der Waals surface area contributed by atoms with Crippen molar-refractivity contribution in [3.63, 3.8) is 0 Å². The fourth-order valence-corrected chi connectivity index (χ4v) is 5.51. The highest BCUT2D eigenvalue weighted by Crippen LogP contribution is 2.41. The standard InChI is InChI=1S/C26H32ClN3O5S.ClH/c1-4-35-23-13-17(5-8-22(23)33-2)21(16-36-3)30-14-18-19(27)6-7-20(25(18)26(30)32)28-24(31)15-29-9-11-34-12-10-29;/h5-8,13,21H,4,9-12,14-16H2,1-3H3,(H,28,31);1H. The van der Waals surface area contributed by atoms with E-state index in [1.807, 2.05) is 41.2 Å². The molecule has 8 nitrogen and oxygen atoms in total. The molecule has 2 aromatic carbocycles. The molecule has 1 fully saturated rings. The monoisotopic (exact) mass is 569 g/mol. The Morgan fingerprint density at radius 2 is 1.97 bits per heavy atom. The maximum Gasteiger partial charge on any atom is 0.257 e. The summed E-state index contributed by atoms with van der Waals surface area (Å²) in [5.74, 6) is 1.66. The maximum absolute atomic E-state index is 13.8. The van der Waals surface area contributed by atoms with E-state index in [4.69, 9.17) is 25.8 Å². The predicted molar refractivity (Wildman–Crippen MR) is 150 cm³/mol. The SMILES string of the molecule is CCOc1cc(C(CSC)N2Cc3c(Cl)ccc(NC(=O)CN4CCOCC4)c3C2=O)ccc1OC.Cl. The zero-order valence-electron chi connectivity index (χ0n) is 21.3. The average molecular weight is 571 g/mol. The quantitative estimate of drug-likeness (QED) is 0.451. The second-order valence-electron chi connectivity index (χ2n) is 8.63. The van der Waals surface area contributed by atoms with Crippen LogP contribution in [-0.4, -0.2) is 80.2 Å². The van der Waals surface area contributed by atoms with E-state index < -0.39 is 0 Å². The van der Waals surface area contributed by atoms with Crippen LogP contribution < -0.4 is 14.8 Å². The van der Waals surface area contributed by atoms with Gasteiger partial charge in [0.25, 0.3) is 5.91 Å². The Kier molecular flexibility index (Phi) is 10.8. The molecule has 0 radical (unpaired) electrons. The molecule has 37 heavy (non-hydrogen) atoms. The van der Waals surface area contributed by atoms with Crippen LogP contribution in [0.25, 0.3) is 0 Å². The molecule has 1 saturated heterocycles. The van der Waals surface area contributed by atoms with Crippen molar-refractivity contribution in [2.24, 2.45) is 0 Å². The normalized spacial score (nSPS) is 16.1. The first-order valence-electron chi connectivity index (χ1n) is 12.0. The lowest BCUT2D eigenvalue weighted by Gasteiger charge is -2.28. The molecule has 2 aliphatic rings. The van der Waals surface area contributed by atoms with Gasteiger partial charge in [0.15, 0.2) is 11.5 Å². The van der Waals surface area contributed by atoms with Crippen LogP contribution in [0, 0.1) is 0 Å². The Balaban J connectivity index is 0.00000380. The van der Waals surface area contributed by atoms with Crippen LogP contribution in [0.15, 0.2) is 30.3 Å². The maximum atomic E-state index is 13.8. The molecule has 1 unspecified atom stereocenters.